The van der Waals surface area contributed by atoms with Crippen molar-refractivity contribution in [1.29, 1.82) is 0 Å². The van der Waals surface area contributed by atoms with Gasteiger partial charge in [-0.3, -0.25) is 0 Å². The summed E-state index contributed by atoms with van der Waals surface area (Å²) < 4.78 is 26.2. The van der Waals surface area contributed by atoms with E-state index in [1.165, 1.54) is 24.3 Å². The third-order valence-corrected chi connectivity index (χ3v) is 3.93. The molecule has 0 amide bonds. The van der Waals surface area contributed by atoms with Gasteiger partial charge < -0.3 is 5.32 Å². The second-order valence-corrected chi connectivity index (χ2v) is 5.15. The number of benzene rings is 1. The van der Waals surface area contributed by atoms with Crippen LogP contribution in [0.2, 0.25) is 0 Å². The summed E-state index contributed by atoms with van der Waals surface area (Å²) in [6.07, 6.45) is 1.72. The van der Waals surface area contributed by atoms with Gasteiger partial charge in [0.1, 0.15) is 11.6 Å². The van der Waals surface area contributed by atoms with E-state index in [0.29, 0.717) is 24.6 Å². The molecule has 0 spiro atoms. The van der Waals surface area contributed by atoms with Gasteiger partial charge in [0.15, 0.2) is 0 Å². The predicted molar refractivity (Wildman–Crippen MR) is 63.8 cm³/mol. The highest BCUT2D eigenvalue weighted by Crippen LogP contribution is 2.17. The fraction of sp³-hybridized carbons (Fsp3) is 0.500. The van der Waals surface area contributed by atoms with Gasteiger partial charge in [-0.15, -0.1) is 0 Å². The summed E-state index contributed by atoms with van der Waals surface area (Å²) in [6.45, 7) is 0.714. The van der Waals surface area contributed by atoms with Crippen molar-refractivity contribution in [2.24, 2.45) is 0 Å². The molecule has 1 aliphatic heterocycles. The van der Waals surface area contributed by atoms with Crippen LogP contribution in [0, 0.1) is 11.6 Å². The van der Waals surface area contributed by atoms with Crippen molar-refractivity contribution >= 4 is 11.8 Å². The number of hydrogen-bond acceptors (Lipinski definition) is 2. The lowest BCUT2D eigenvalue weighted by molar-refractivity contribution is 0.543. The summed E-state index contributed by atoms with van der Waals surface area (Å²) in [5.41, 5.74) is 0.457. The molecule has 0 aromatic heterocycles. The van der Waals surface area contributed by atoms with Crippen molar-refractivity contribution in [3.8, 4) is 0 Å². The molecule has 1 aromatic rings. The topological polar surface area (TPSA) is 12.0 Å². The zero-order valence-electron chi connectivity index (χ0n) is 9.01. The number of thioether (sulfide) groups is 1. The fourth-order valence-electron chi connectivity index (χ4n) is 1.84. The molecule has 1 atom stereocenters. The van der Waals surface area contributed by atoms with Gasteiger partial charge in [0, 0.05) is 11.8 Å². The highest BCUT2D eigenvalue weighted by Gasteiger charge is 2.14. The Hall–Kier alpha value is -0.610. The number of rotatable bonds is 4. The van der Waals surface area contributed by atoms with E-state index in [1.54, 1.807) is 0 Å². The minimum absolute atomic E-state index is 0.316. The average molecular weight is 243 g/mol. The molecule has 0 aliphatic carbocycles. The van der Waals surface area contributed by atoms with E-state index in [4.69, 9.17) is 0 Å². The van der Waals surface area contributed by atoms with Gasteiger partial charge in [-0.25, -0.2) is 8.78 Å². The summed E-state index contributed by atoms with van der Waals surface area (Å²) >= 11 is 1.94. The SMILES string of the molecule is Fc1ccc(F)c(CCNC2CCSC2)c1. The lowest BCUT2D eigenvalue weighted by atomic mass is 10.1. The van der Waals surface area contributed by atoms with E-state index in [0.717, 1.165) is 11.8 Å². The Labute approximate surface area is 98.6 Å². The van der Waals surface area contributed by atoms with E-state index in [1.807, 2.05) is 11.8 Å². The maximum absolute atomic E-state index is 13.3. The molecule has 88 valence electrons. The lowest BCUT2D eigenvalue weighted by Crippen LogP contribution is -2.30. The molecule has 0 saturated carbocycles. The van der Waals surface area contributed by atoms with Crippen LogP contribution in [0.25, 0.3) is 0 Å². The maximum atomic E-state index is 13.3. The highest BCUT2D eigenvalue weighted by atomic mass is 32.2. The lowest BCUT2D eigenvalue weighted by Gasteiger charge is -2.11. The largest absolute Gasteiger partial charge is 0.313 e. The molecule has 1 aliphatic rings. The van der Waals surface area contributed by atoms with Crippen LogP contribution in [-0.2, 0) is 6.42 Å². The average Bonchev–Trinajstić information content (AvgIpc) is 2.76. The first kappa shape index (κ1) is 11.9. The number of hydrogen-bond donors (Lipinski definition) is 1. The van der Waals surface area contributed by atoms with Gasteiger partial charge in [-0.2, -0.15) is 11.8 Å². The molecule has 2 rings (SSSR count). The molecule has 1 saturated heterocycles. The van der Waals surface area contributed by atoms with Crippen LogP contribution < -0.4 is 5.32 Å². The van der Waals surface area contributed by atoms with Crippen LogP contribution in [-0.4, -0.2) is 24.1 Å². The molecule has 4 heteroatoms. The fourth-order valence-corrected chi connectivity index (χ4v) is 3.03. The molecular weight excluding hydrogens is 228 g/mol. The maximum Gasteiger partial charge on any atom is 0.126 e. The standard InChI is InChI=1S/C12H15F2NS/c13-10-1-2-12(14)9(7-10)3-5-15-11-4-6-16-8-11/h1-2,7,11,15H,3-6,8H2. The quantitative estimate of drug-likeness (QED) is 0.872. The van der Waals surface area contributed by atoms with Crippen LogP contribution in [0.1, 0.15) is 12.0 Å². The molecule has 0 bridgehead atoms. The minimum Gasteiger partial charge on any atom is -0.313 e. The third-order valence-electron chi connectivity index (χ3n) is 2.76. The molecule has 16 heavy (non-hydrogen) atoms. The van der Waals surface area contributed by atoms with Gasteiger partial charge in [-0.05, 0) is 48.9 Å². The van der Waals surface area contributed by atoms with E-state index in [2.05, 4.69) is 5.32 Å². The number of halogens is 2. The minimum atomic E-state index is -0.368. The van der Waals surface area contributed by atoms with Crippen LogP contribution in [0.4, 0.5) is 8.78 Å². The van der Waals surface area contributed by atoms with Gasteiger partial charge in [0.05, 0.1) is 0 Å². The first-order valence-corrected chi connectivity index (χ1v) is 6.66. The molecule has 0 radical (unpaired) electrons. The van der Waals surface area contributed by atoms with Crippen LogP contribution in [0.15, 0.2) is 18.2 Å². The van der Waals surface area contributed by atoms with Crippen molar-refractivity contribution in [1.82, 2.24) is 5.32 Å². The summed E-state index contributed by atoms with van der Waals surface area (Å²) in [7, 11) is 0. The van der Waals surface area contributed by atoms with Crippen LogP contribution >= 0.6 is 11.8 Å². The van der Waals surface area contributed by atoms with E-state index in [9.17, 15) is 8.78 Å². The Kier molecular flexibility index (Phi) is 4.18. The third kappa shape index (κ3) is 3.19. The second-order valence-electron chi connectivity index (χ2n) is 4.00. The molecule has 1 aromatic carbocycles. The Morgan fingerprint density at radius 3 is 3.00 bits per heavy atom. The zero-order chi connectivity index (χ0) is 11.4. The van der Waals surface area contributed by atoms with Gasteiger partial charge >= 0.3 is 0 Å². The van der Waals surface area contributed by atoms with E-state index < -0.39 is 0 Å². The smallest absolute Gasteiger partial charge is 0.126 e. The normalized spacial score (nSPS) is 20.2. The van der Waals surface area contributed by atoms with Crippen molar-refractivity contribution in [2.45, 2.75) is 18.9 Å². The summed E-state index contributed by atoms with van der Waals surface area (Å²) in [4.78, 5) is 0. The van der Waals surface area contributed by atoms with E-state index >= 15 is 0 Å². The van der Waals surface area contributed by atoms with Crippen LogP contribution in [0.5, 0.6) is 0 Å². The zero-order valence-corrected chi connectivity index (χ0v) is 9.83. The molecule has 1 unspecified atom stereocenters. The van der Waals surface area contributed by atoms with Gasteiger partial charge in [-0.1, -0.05) is 0 Å². The summed E-state index contributed by atoms with van der Waals surface area (Å²) in [6, 6.07) is 4.16. The highest BCUT2D eigenvalue weighted by molar-refractivity contribution is 7.99. The predicted octanol–water partition coefficient (Wildman–Crippen LogP) is 2.60. The monoisotopic (exact) mass is 243 g/mol. The Morgan fingerprint density at radius 1 is 1.38 bits per heavy atom. The Morgan fingerprint density at radius 2 is 2.25 bits per heavy atom. The van der Waals surface area contributed by atoms with Gasteiger partial charge in [0.2, 0.25) is 0 Å². The van der Waals surface area contributed by atoms with Crippen molar-refractivity contribution in [3.63, 3.8) is 0 Å². The second kappa shape index (κ2) is 5.64. The van der Waals surface area contributed by atoms with Crippen LogP contribution in [0.3, 0.4) is 0 Å². The Bertz CT molecular complexity index is 351. The molecule has 1 nitrogen and oxygen atoms in total. The van der Waals surface area contributed by atoms with Crippen molar-refractivity contribution in [3.05, 3.63) is 35.4 Å². The first-order chi connectivity index (χ1) is 7.75. The first-order valence-electron chi connectivity index (χ1n) is 5.51. The van der Waals surface area contributed by atoms with Gasteiger partial charge in [0.25, 0.3) is 0 Å². The van der Waals surface area contributed by atoms with Crippen molar-refractivity contribution in [2.75, 3.05) is 18.1 Å². The molecule has 1 N–H and O–H groups in total. The number of nitrogens with one attached hydrogen (secondary N) is 1. The van der Waals surface area contributed by atoms with E-state index in [-0.39, 0.29) is 11.6 Å². The molecular formula is C12H15F2NS. The summed E-state index contributed by atoms with van der Waals surface area (Å²) in [5, 5.41) is 3.37. The Balaban J connectivity index is 1.82. The summed E-state index contributed by atoms with van der Waals surface area (Å²) in [5.74, 6) is 1.65. The van der Waals surface area contributed by atoms with Crippen molar-refractivity contribution < 1.29 is 8.78 Å². The molecule has 1 heterocycles. The molecule has 1 fully saturated rings.